The summed E-state index contributed by atoms with van der Waals surface area (Å²) in [5.74, 6) is 0. The van der Waals surface area contributed by atoms with Crippen LogP contribution in [0.5, 0.6) is 0 Å². The maximum Gasteiger partial charge on any atom is 0.0547 e. The van der Waals surface area contributed by atoms with Gasteiger partial charge < -0.3 is 13.7 Å². The Morgan fingerprint density at radius 1 is 0.211 bits per heavy atom. The van der Waals surface area contributed by atoms with Crippen LogP contribution in [0.3, 0.4) is 0 Å². The normalized spacial score (nSPS) is 12.2. The second kappa shape index (κ2) is 17.8. The van der Waals surface area contributed by atoms with Gasteiger partial charge in [-0.3, -0.25) is 0 Å². The predicted octanol–water partition coefficient (Wildman–Crippen LogP) is 19.7. The highest BCUT2D eigenvalue weighted by atomic mass is 32.3. The molecule has 0 unspecified atom stereocenters. The summed E-state index contributed by atoms with van der Waals surface area (Å²) in [5, 5.41) is 7.42. The van der Waals surface area contributed by atoms with Gasteiger partial charge in [0.2, 0.25) is 0 Å². The van der Waals surface area contributed by atoms with E-state index in [-0.39, 0.29) is 0 Å². The largest absolute Gasteiger partial charge is 0.309 e. The lowest BCUT2D eigenvalue weighted by atomic mass is 9.96. The lowest BCUT2D eigenvalue weighted by molar-refractivity contribution is 1.13. The molecular formula is C72H49N3S. The number of hydrogen-bond donors (Lipinski definition) is 0. The Bertz CT molecular complexity index is 4610. The van der Waals surface area contributed by atoms with E-state index in [9.17, 15) is 0 Å². The molecule has 0 bridgehead atoms. The topological polar surface area (TPSA) is 14.8 Å². The molecule has 15 aromatic rings. The summed E-state index contributed by atoms with van der Waals surface area (Å²) in [4.78, 5) is 5.09. The van der Waals surface area contributed by atoms with Crippen molar-refractivity contribution in [1.29, 1.82) is 0 Å². The molecule has 0 amide bonds. The molecule has 0 fully saturated rings. The van der Waals surface area contributed by atoms with Gasteiger partial charge in [0.15, 0.2) is 0 Å². The first-order chi connectivity index (χ1) is 37.7. The van der Waals surface area contributed by atoms with Crippen LogP contribution in [-0.4, -0.2) is 13.7 Å². The summed E-state index contributed by atoms with van der Waals surface area (Å²) in [6.07, 6.45) is 0. The Morgan fingerprint density at radius 2 is 0.592 bits per heavy atom. The van der Waals surface area contributed by atoms with Crippen LogP contribution in [-0.2, 0) is 0 Å². The highest BCUT2D eigenvalue weighted by molar-refractivity contribution is 8.34. The van der Waals surface area contributed by atoms with Crippen molar-refractivity contribution < 1.29 is 0 Å². The Morgan fingerprint density at radius 3 is 1.17 bits per heavy atom. The fourth-order valence-electron chi connectivity index (χ4n) is 12.3. The van der Waals surface area contributed by atoms with Crippen LogP contribution >= 0.6 is 10.0 Å². The molecule has 0 spiro atoms. The highest BCUT2D eigenvalue weighted by Gasteiger charge is 2.34. The molecule has 0 aliphatic rings. The highest BCUT2D eigenvalue weighted by Crippen LogP contribution is 2.73. The van der Waals surface area contributed by atoms with Crippen molar-refractivity contribution in [1.82, 2.24) is 13.7 Å². The molecule has 0 aliphatic heterocycles. The number of nitrogens with zero attached hydrogens (tertiary/aromatic N) is 3. The Balaban J connectivity index is 0.924. The van der Waals surface area contributed by atoms with E-state index in [0.29, 0.717) is 0 Å². The molecule has 12 aromatic carbocycles. The van der Waals surface area contributed by atoms with Gasteiger partial charge in [0, 0.05) is 69.0 Å². The molecule has 3 aromatic heterocycles. The van der Waals surface area contributed by atoms with E-state index in [1.807, 2.05) is 0 Å². The average molecular weight is 988 g/mol. The summed E-state index contributed by atoms with van der Waals surface area (Å²) >= 11 is 0. The van der Waals surface area contributed by atoms with Gasteiger partial charge in [-0.1, -0.05) is 182 Å². The minimum Gasteiger partial charge on any atom is -0.309 e. The molecule has 0 radical (unpaired) electrons. The van der Waals surface area contributed by atoms with Gasteiger partial charge in [-0.2, -0.15) is 0 Å². The summed E-state index contributed by atoms with van der Waals surface area (Å²) in [5.41, 5.74) is 15.4. The van der Waals surface area contributed by atoms with Crippen molar-refractivity contribution in [3.63, 3.8) is 0 Å². The predicted molar refractivity (Wildman–Crippen MR) is 320 cm³/mol. The lowest BCUT2D eigenvalue weighted by Crippen LogP contribution is -2.07. The van der Waals surface area contributed by atoms with Gasteiger partial charge in [0.25, 0.3) is 0 Å². The molecule has 0 N–H and O–H groups in total. The Labute approximate surface area is 442 Å². The zero-order valence-electron chi connectivity index (χ0n) is 41.5. The minimum atomic E-state index is -2.10. The van der Waals surface area contributed by atoms with Crippen molar-refractivity contribution in [2.75, 3.05) is 0 Å². The van der Waals surface area contributed by atoms with Gasteiger partial charge in [0.1, 0.15) is 0 Å². The smallest absolute Gasteiger partial charge is 0.0547 e. The van der Waals surface area contributed by atoms with Gasteiger partial charge in [-0.15, -0.1) is 10.0 Å². The number of aromatic nitrogens is 3. The summed E-state index contributed by atoms with van der Waals surface area (Å²) in [6.45, 7) is 0. The Kier molecular flexibility index (Phi) is 10.3. The zero-order chi connectivity index (χ0) is 50.2. The quantitative estimate of drug-likeness (QED) is 0.137. The molecule has 358 valence electrons. The fraction of sp³-hybridized carbons (Fsp3) is 0. The number of rotatable bonds is 9. The average Bonchev–Trinajstić information content (AvgIpc) is 4.23. The van der Waals surface area contributed by atoms with Crippen LogP contribution in [0.25, 0.3) is 105 Å². The van der Waals surface area contributed by atoms with E-state index < -0.39 is 10.0 Å². The van der Waals surface area contributed by atoms with Gasteiger partial charge in [0.05, 0.1) is 33.1 Å². The second-order valence-electron chi connectivity index (χ2n) is 19.7. The molecule has 3 heterocycles. The first kappa shape index (κ1) is 43.9. The zero-order valence-corrected chi connectivity index (χ0v) is 42.4. The molecule has 3 nitrogen and oxygen atoms in total. The summed E-state index contributed by atoms with van der Waals surface area (Å²) < 4.78 is 7.39. The molecule has 15 rings (SSSR count). The minimum absolute atomic E-state index is 1.12. The lowest BCUT2D eigenvalue weighted by Gasteiger charge is -2.42. The Hall–Kier alpha value is -9.61. The number of hydrogen-bond acceptors (Lipinski definition) is 0. The van der Waals surface area contributed by atoms with E-state index in [4.69, 9.17) is 0 Å². The number of fused-ring (bicyclic) bond motifs is 9. The SMILES string of the molecule is c1ccc(-c2cccc(-c3cccc4c3c3ccccc3n4-c3ccc4c(c3)c3ccccc3n4-c3cccc(S(c4ccccc4)(c4ccccc4)c4cccc(-n5c6ccccc6c6ccccc65)c4)c3)c2)cc1. The van der Waals surface area contributed by atoms with Gasteiger partial charge in [-0.25, -0.2) is 0 Å². The van der Waals surface area contributed by atoms with Crippen molar-refractivity contribution in [3.8, 4) is 39.3 Å². The number of benzene rings is 12. The third-order valence-corrected chi connectivity index (χ3v) is 19.4. The van der Waals surface area contributed by atoms with Crippen LogP contribution in [0, 0.1) is 0 Å². The molecule has 0 atom stereocenters. The van der Waals surface area contributed by atoms with Gasteiger partial charge >= 0.3 is 0 Å². The van der Waals surface area contributed by atoms with Crippen LogP contribution in [0.15, 0.2) is 317 Å². The molecule has 4 heteroatoms. The van der Waals surface area contributed by atoms with E-state index in [1.165, 1.54) is 102 Å². The third kappa shape index (κ3) is 6.78. The monoisotopic (exact) mass is 987 g/mol. The van der Waals surface area contributed by atoms with Crippen molar-refractivity contribution in [3.05, 3.63) is 297 Å². The first-order valence-corrected chi connectivity index (χ1v) is 27.7. The number of para-hydroxylation sites is 4. The van der Waals surface area contributed by atoms with E-state index in [2.05, 4.69) is 311 Å². The van der Waals surface area contributed by atoms with Crippen LogP contribution in [0.2, 0.25) is 0 Å². The fourth-order valence-corrected chi connectivity index (χ4v) is 16.2. The second-order valence-corrected chi connectivity index (χ2v) is 22.8. The summed E-state index contributed by atoms with van der Waals surface area (Å²) in [6, 6.07) is 110. The third-order valence-electron chi connectivity index (χ3n) is 15.5. The van der Waals surface area contributed by atoms with Gasteiger partial charge in [-0.05, 0) is 138 Å². The molecule has 0 saturated heterocycles. The van der Waals surface area contributed by atoms with E-state index >= 15 is 0 Å². The van der Waals surface area contributed by atoms with Crippen LogP contribution < -0.4 is 0 Å². The van der Waals surface area contributed by atoms with Crippen molar-refractivity contribution in [2.45, 2.75) is 19.6 Å². The van der Waals surface area contributed by atoms with Crippen LogP contribution in [0.4, 0.5) is 0 Å². The molecule has 76 heavy (non-hydrogen) atoms. The van der Waals surface area contributed by atoms with Crippen LogP contribution in [0.1, 0.15) is 0 Å². The van der Waals surface area contributed by atoms with Crippen molar-refractivity contribution >= 4 is 75.4 Å². The first-order valence-electron chi connectivity index (χ1n) is 26.1. The summed E-state index contributed by atoms with van der Waals surface area (Å²) in [7, 11) is -2.10. The van der Waals surface area contributed by atoms with E-state index in [1.54, 1.807) is 0 Å². The maximum atomic E-state index is 2.48. The standard InChI is InChI=1S/C72H49N3S/c1-4-22-50(23-5-1)51-24-18-25-52(46-51)60-38-21-43-71-72(60)64-37-13-17-42-69(64)75(71)55-44-45-70-65(49-55)63-36-12-16-41-68(63)74(70)54-27-20-33-59(48-54)76(56-28-6-2-7-29-56,57-30-8-3-9-31-57)58-32-19-26-53(47-58)73-66-39-14-10-34-61(66)62-35-11-15-40-67(62)73/h1-49H. The molecule has 0 saturated carbocycles. The maximum absolute atomic E-state index is 2.48. The van der Waals surface area contributed by atoms with Crippen molar-refractivity contribution in [2.24, 2.45) is 0 Å². The molecular weight excluding hydrogens is 939 g/mol. The van der Waals surface area contributed by atoms with E-state index in [0.717, 1.165) is 22.6 Å². The molecule has 0 aliphatic carbocycles.